The van der Waals surface area contributed by atoms with Gasteiger partial charge < -0.3 is 10.7 Å². The third kappa shape index (κ3) is 1.51. The number of para-hydroxylation sites is 1. The van der Waals surface area contributed by atoms with Crippen molar-refractivity contribution >= 4 is 10.9 Å². The van der Waals surface area contributed by atoms with Gasteiger partial charge in [-0.3, -0.25) is 0 Å². The maximum atomic E-state index is 13.6. The van der Waals surface area contributed by atoms with Gasteiger partial charge in [-0.2, -0.15) is 8.78 Å². The number of aryl methyl sites for hydroxylation is 1. The van der Waals surface area contributed by atoms with Crippen LogP contribution in [0.5, 0.6) is 0 Å². The summed E-state index contributed by atoms with van der Waals surface area (Å²) in [6.07, 6.45) is 0. The summed E-state index contributed by atoms with van der Waals surface area (Å²) in [7, 11) is 0. The standard InChI is InChI=1S/C11H12F2N2/c1-7-10(11(12,13)6-14)8-4-2-3-5-9(8)15-7/h2-5,15H,6,14H2,1H3. The number of fused-ring (bicyclic) bond motifs is 1. The highest BCUT2D eigenvalue weighted by Gasteiger charge is 2.34. The molecule has 0 saturated carbocycles. The molecule has 2 nitrogen and oxygen atoms in total. The number of benzene rings is 1. The van der Waals surface area contributed by atoms with Crippen molar-refractivity contribution < 1.29 is 8.78 Å². The molecule has 1 aromatic heterocycles. The smallest absolute Gasteiger partial charge is 0.287 e. The Hall–Kier alpha value is -1.42. The summed E-state index contributed by atoms with van der Waals surface area (Å²) in [5.74, 6) is -2.97. The molecule has 0 radical (unpaired) electrons. The summed E-state index contributed by atoms with van der Waals surface area (Å²) in [4.78, 5) is 2.93. The molecule has 0 fully saturated rings. The number of aromatic nitrogens is 1. The molecule has 0 atom stereocenters. The highest BCUT2D eigenvalue weighted by atomic mass is 19.3. The summed E-state index contributed by atoms with van der Waals surface area (Å²) in [6, 6.07) is 7.00. The minimum absolute atomic E-state index is 0.0144. The average Bonchev–Trinajstić information content (AvgIpc) is 2.54. The lowest BCUT2D eigenvalue weighted by Crippen LogP contribution is -2.25. The number of halogens is 2. The van der Waals surface area contributed by atoms with Gasteiger partial charge >= 0.3 is 0 Å². The van der Waals surface area contributed by atoms with Gasteiger partial charge in [0.2, 0.25) is 0 Å². The highest BCUT2D eigenvalue weighted by molar-refractivity contribution is 5.85. The summed E-state index contributed by atoms with van der Waals surface area (Å²) >= 11 is 0. The Labute approximate surface area is 86.1 Å². The number of aromatic amines is 1. The number of hydrogen-bond acceptors (Lipinski definition) is 1. The molecule has 0 aliphatic heterocycles. The molecule has 0 unspecified atom stereocenters. The fourth-order valence-corrected chi connectivity index (χ4v) is 1.85. The minimum atomic E-state index is -2.97. The lowest BCUT2D eigenvalue weighted by Gasteiger charge is -2.14. The lowest BCUT2D eigenvalue weighted by molar-refractivity contribution is 0.00691. The van der Waals surface area contributed by atoms with E-state index in [1.165, 1.54) is 0 Å². The van der Waals surface area contributed by atoms with E-state index in [0.717, 1.165) is 5.52 Å². The van der Waals surface area contributed by atoms with Crippen LogP contribution in [0.3, 0.4) is 0 Å². The van der Waals surface area contributed by atoms with E-state index in [-0.39, 0.29) is 5.56 Å². The summed E-state index contributed by atoms with van der Waals surface area (Å²) < 4.78 is 27.1. The molecule has 4 heteroatoms. The lowest BCUT2D eigenvalue weighted by atomic mass is 10.0. The first-order valence-electron chi connectivity index (χ1n) is 4.72. The van der Waals surface area contributed by atoms with E-state index < -0.39 is 12.5 Å². The van der Waals surface area contributed by atoms with Crippen molar-refractivity contribution in [2.45, 2.75) is 12.8 Å². The van der Waals surface area contributed by atoms with Crippen LogP contribution in [0.4, 0.5) is 8.78 Å². The van der Waals surface area contributed by atoms with Crippen LogP contribution < -0.4 is 5.73 Å². The first kappa shape index (κ1) is 10.1. The van der Waals surface area contributed by atoms with Crippen molar-refractivity contribution in [3.8, 4) is 0 Å². The van der Waals surface area contributed by atoms with E-state index in [4.69, 9.17) is 5.73 Å². The molecule has 0 amide bonds. The van der Waals surface area contributed by atoms with E-state index in [1.54, 1.807) is 25.1 Å². The summed E-state index contributed by atoms with van der Waals surface area (Å²) in [6.45, 7) is 0.967. The van der Waals surface area contributed by atoms with Crippen molar-refractivity contribution in [1.82, 2.24) is 4.98 Å². The van der Waals surface area contributed by atoms with Crippen LogP contribution in [0.25, 0.3) is 10.9 Å². The van der Waals surface area contributed by atoms with Gasteiger partial charge in [0, 0.05) is 16.6 Å². The maximum Gasteiger partial charge on any atom is 0.287 e. The maximum absolute atomic E-state index is 13.6. The molecule has 0 bridgehead atoms. The molecule has 2 aromatic rings. The van der Waals surface area contributed by atoms with Gasteiger partial charge in [0.15, 0.2) is 0 Å². The largest absolute Gasteiger partial charge is 0.358 e. The van der Waals surface area contributed by atoms with Crippen molar-refractivity contribution in [3.05, 3.63) is 35.5 Å². The predicted molar refractivity (Wildman–Crippen MR) is 56.0 cm³/mol. The third-order valence-corrected chi connectivity index (χ3v) is 2.52. The van der Waals surface area contributed by atoms with E-state index in [0.29, 0.717) is 11.1 Å². The second kappa shape index (κ2) is 3.31. The zero-order valence-corrected chi connectivity index (χ0v) is 8.35. The summed E-state index contributed by atoms with van der Waals surface area (Å²) in [5.41, 5.74) is 6.31. The zero-order valence-electron chi connectivity index (χ0n) is 8.35. The monoisotopic (exact) mass is 210 g/mol. The van der Waals surface area contributed by atoms with Gasteiger partial charge in [-0.05, 0) is 13.0 Å². The summed E-state index contributed by atoms with van der Waals surface area (Å²) in [5, 5.41) is 0.547. The van der Waals surface area contributed by atoms with Crippen LogP contribution in [-0.4, -0.2) is 11.5 Å². The zero-order chi connectivity index (χ0) is 11.1. The van der Waals surface area contributed by atoms with Crippen LogP contribution in [0.15, 0.2) is 24.3 Å². The average molecular weight is 210 g/mol. The Bertz CT molecular complexity index is 488. The fourth-order valence-electron chi connectivity index (χ4n) is 1.85. The van der Waals surface area contributed by atoms with Crippen LogP contribution in [-0.2, 0) is 5.92 Å². The number of rotatable bonds is 2. The molecule has 0 spiro atoms. The molecule has 15 heavy (non-hydrogen) atoms. The van der Waals surface area contributed by atoms with Gasteiger partial charge in [0.25, 0.3) is 5.92 Å². The van der Waals surface area contributed by atoms with Crippen LogP contribution >= 0.6 is 0 Å². The van der Waals surface area contributed by atoms with Gasteiger partial charge in [0.1, 0.15) is 0 Å². The van der Waals surface area contributed by atoms with Crippen molar-refractivity contribution in [2.75, 3.05) is 6.54 Å². The number of H-pyrrole nitrogens is 1. The van der Waals surface area contributed by atoms with Crippen LogP contribution in [0.2, 0.25) is 0 Å². The first-order valence-corrected chi connectivity index (χ1v) is 4.72. The number of nitrogens with two attached hydrogens (primary N) is 1. The predicted octanol–water partition coefficient (Wildman–Crippen LogP) is 2.53. The van der Waals surface area contributed by atoms with Crippen LogP contribution in [0.1, 0.15) is 11.3 Å². The minimum Gasteiger partial charge on any atom is -0.358 e. The van der Waals surface area contributed by atoms with Crippen LogP contribution in [0, 0.1) is 6.92 Å². The van der Waals surface area contributed by atoms with E-state index in [9.17, 15) is 8.78 Å². The van der Waals surface area contributed by atoms with Crippen molar-refractivity contribution in [2.24, 2.45) is 5.73 Å². The normalized spacial score (nSPS) is 12.3. The van der Waals surface area contributed by atoms with Gasteiger partial charge in [-0.25, -0.2) is 0 Å². The van der Waals surface area contributed by atoms with Gasteiger partial charge in [0.05, 0.1) is 12.1 Å². The quantitative estimate of drug-likeness (QED) is 0.785. The van der Waals surface area contributed by atoms with E-state index in [2.05, 4.69) is 4.98 Å². The SMILES string of the molecule is Cc1[nH]c2ccccc2c1C(F)(F)CN. The molecule has 0 aliphatic rings. The van der Waals surface area contributed by atoms with Crippen molar-refractivity contribution in [3.63, 3.8) is 0 Å². The topological polar surface area (TPSA) is 41.8 Å². The van der Waals surface area contributed by atoms with E-state index >= 15 is 0 Å². The Morgan fingerprint density at radius 2 is 2.00 bits per heavy atom. The highest BCUT2D eigenvalue weighted by Crippen LogP contribution is 2.35. The molecular weight excluding hydrogens is 198 g/mol. The number of hydrogen-bond donors (Lipinski definition) is 2. The molecule has 2 rings (SSSR count). The Morgan fingerprint density at radius 1 is 1.33 bits per heavy atom. The van der Waals surface area contributed by atoms with Gasteiger partial charge in [-0.15, -0.1) is 0 Å². The molecule has 80 valence electrons. The molecular formula is C11H12F2N2. The molecule has 0 aliphatic carbocycles. The first-order chi connectivity index (χ1) is 7.06. The third-order valence-electron chi connectivity index (χ3n) is 2.52. The molecule has 0 saturated heterocycles. The Balaban J connectivity index is 2.74. The van der Waals surface area contributed by atoms with E-state index in [1.807, 2.05) is 6.07 Å². The number of alkyl halides is 2. The number of nitrogens with one attached hydrogen (secondary N) is 1. The second-order valence-corrected chi connectivity index (χ2v) is 3.58. The van der Waals surface area contributed by atoms with Gasteiger partial charge in [-0.1, -0.05) is 18.2 Å². The molecule has 1 aromatic carbocycles. The Kier molecular flexibility index (Phi) is 2.23. The van der Waals surface area contributed by atoms with Crippen molar-refractivity contribution in [1.29, 1.82) is 0 Å². The molecule has 3 N–H and O–H groups in total. The second-order valence-electron chi connectivity index (χ2n) is 3.58. The Morgan fingerprint density at radius 3 is 2.67 bits per heavy atom. The fraction of sp³-hybridized carbons (Fsp3) is 0.273. The molecule has 1 heterocycles.